The Balaban J connectivity index is 3.17. The van der Waals surface area contributed by atoms with Crippen LogP contribution in [0.15, 0.2) is 18.2 Å². The van der Waals surface area contributed by atoms with Crippen molar-refractivity contribution in [1.82, 2.24) is 4.48 Å². The largest absolute Gasteiger partial charge is 0.477 e. The van der Waals surface area contributed by atoms with Crippen LogP contribution in [0.2, 0.25) is 0 Å². The van der Waals surface area contributed by atoms with Crippen LogP contribution in [0.3, 0.4) is 0 Å². The van der Waals surface area contributed by atoms with Gasteiger partial charge >= 0.3 is 12.4 Å². The lowest BCUT2D eigenvalue weighted by atomic mass is 10.2. The quantitative estimate of drug-likeness (QED) is 0.623. The molecule has 1 atom stereocenters. The number of nitrogens with zero attached hydrogens (tertiary/aromatic N) is 1. The fraction of sp³-hybridized carbons (Fsp3) is 0.200. The summed E-state index contributed by atoms with van der Waals surface area (Å²) in [7, 11) is 1.30. The SMILES string of the molecule is C[N+](C=O)(CC(=O)O)c1ccc(F)c(F)c1. The molecule has 0 bridgehead atoms. The third-order valence-electron chi connectivity index (χ3n) is 2.19. The number of amides is 1. The van der Waals surface area contributed by atoms with Crippen LogP contribution in [0, 0.1) is 11.6 Å². The first-order chi connectivity index (χ1) is 7.39. The predicted molar refractivity (Wildman–Crippen MR) is 52.6 cm³/mol. The van der Waals surface area contributed by atoms with E-state index in [1.807, 2.05) is 0 Å². The molecular formula is C10H10F2NO3+. The Morgan fingerprint density at radius 1 is 1.44 bits per heavy atom. The van der Waals surface area contributed by atoms with E-state index >= 15 is 0 Å². The van der Waals surface area contributed by atoms with Gasteiger partial charge in [0.2, 0.25) is 0 Å². The molecule has 0 aliphatic rings. The Kier molecular flexibility index (Phi) is 3.34. The Morgan fingerprint density at radius 2 is 2.06 bits per heavy atom. The molecule has 1 N–H and O–H groups in total. The molecule has 0 saturated carbocycles. The second-order valence-corrected chi connectivity index (χ2v) is 3.52. The standard InChI is InChI=1S/C10H9F2NO3/c1-13(6-14,5-10(15)16)7-2-3-8(11)9(12)4-7/h2-4,6H,5H2,1H3/p+1. The molecule has 0 aromatic heterocycles. The van der Waals surface area contributed by atoms with Crippen LogP contribution >= 0.6 is 0 Å². The second kappa shape index (κ2) is 4.36. The summed E-state index contributed by atoms with van der Waals surface area (Å²) in [5.41, 5.74) is 0.0799. The topological polar surface area (TPSA) is 54.4 Å². The van der Waals surface area contributed by atoms with Gasteiger partial charge in [0, 0.05) is 12.1 Å². The first-order valence-corrected chi connectivity index (χ1v) is 4.38. The second-order valence-electron chi connectivity index (χ2n) is 3.52. The summed E-state index contributed by atoms with van der Waals surface area (Å²) in [6.45, 7) is -0.533. The number of likely N-dealkylation sites (N-methyl/N-ethyl adjacent to an activating group) is 1. The molecule has 0 aliphatic carbocycles. The van der Waals surface area contributed by atoms with E-state index in [-0.39, 0.29) is 5.69 Å². The van der Waals surface area contributed by atoms with Crippen molar-refractivity contribution in [3.8, 4) is 0 Å². The molecule has 1 aromatic rings. The molecule has 1 amide bonds. The minimum atomic E-state index is -1.21. The average Bonchev–Trinajstić information content (AvgIpc) is 2.21. The zero-order valence-corrected chi connectivity index (χ0v) is 8.48. The van der Waals surface area contributed by atoms with Crippen molar-refractivity contribution in [2.45, 2.75) is 0 Å². The predicted octanol–water partition coefficient (Wildman–Crippen LogP) is 1.14. The highest BCUT2D eigenvalue weighted by molar-refractivity contribution is 5.80. The Hall–Kier alpha value is -1.82. The Bertz CT molecular complexity index is 436. The molecular weight excluding hydrogens is 220 g/mol. The van der Waals surface area contributed by atoms with Crippen molar-refractivity contribution in [3.63, 3.8) is 0 Å². The van der Waals surface area contributed by atoms with E-state index in [1.54, 1.807) is 0 Å². The van der Waals surface area contributed by atoms with Crippen LogP contribution in [0.5, 0.6) is 0 Å². The van der Waals surface area contributed by atoms with Crippen LogP contribution in [0.4, 0.5) is 14.5 Å². The highest BCUT2D eigenvalue weighted by Crippen LogP contribution is 2.21. The molecule has 16 heavy (non-hydrogen) atoms. The molecule has 1 aromatic carbocycles. The molecule has 0 heterocycles. The number of quaternary nitrogens is 1. The van der Waals surface area contributed by atoms with Gasteiger partial charge in [0.25, 0.3) is 0 Å². The summed E-state index contributed by atoms with van der Waals surface area (Å²) in [6.07, 6.45) is 0.362. The minimum absolute atomic E-state index is 0.0799. The molecule has 0 saturated heterocycles. The molecule has 6 heteroatoms. The maximum atomic E-state index is 12.9. The monoisotopic (exact) mass is 230 g/mol. The summed E-state index contributed by atoms with van der Waals surface area (Å²) in [4.78, 5) is 21.4. The van der Waals surface area contributed by atoms with E-state index in [1.165, 1.54) is 13.1 Å². The van der Waals surface area contributed by atoms with Gasteiger partial charge in [-0.25, -0.2) is 22.9 Å². The van der Waals surface area contributed by atoms with Gasteiger partial charge < -0.3 is 5.11 Å². The molecule has 0 radical (unpaired) electrons. The summed E-state index contributed by atoms with van der Waals surface area (Å²) in [5, 5.41) is 8.62. The average molecular weight is 230 g/mol. The Labute approximate surface area is 90.3 Å². The van der Waals surface area contributed by atoms with Crippen LogP contribution in [-0.2, 0) is 9.59 Å². The van der Waals surface area contributed by atoms with Crippen molar-refractivity contribution in [2.75, 3.05) is 13.6 Å². The number of carbonyl (C=O) groups is 2. The van der Waals surface area contributed by atoms with Gasteiger partial charge in [0.1, 0.15) is 5.69 Å². The van der Waals surface area contributed by atoms with Gasteiger partial charge in [0.15, 0.2) is 18.2 Å². The fourth-order valence-corrected chi connectivity index (χ4v) is 1.27. The molecule has 86 valence electrons. The Morgan fingerprint density at radius 3 is 2.50 bits per heavy atom. The normalized spacial score (nSPS) is 14.2. The molecule has 0 fully saturated rings. The fourth-order valence-electron chi connectivity index (χ4n) is 1.27. The van der Waals surface area contributed by atoms with Gasteiger partial charge in [-0.3, -0.25) is 0 Å². The molecule has 4 nitrogen and oxygen atoms in total. The first kappa shape index (κ1) is 12.3. The van der Waals surface area contributed by atoms with Gasteiger partial charge in [-0.1, -0.05) is 0 Å². The number of carbonyl (C=O) groups excluding carboxylic acids is 1. The third kappa shape index (κ3) is 2.40. The summed E-state index contributed by atoms with van der Waals surface area (Å²) in [5.74, 6) is -3.37. The van der Waals surface area contributed by atoms with E-state index in [0.717, 1.165) is 12.1 Å². The number of carboxylic acid groups (broad SMARTS) is 1. The number of rotatable bonds is 4. The van der Waals surface area contributed by atoms with Crippen molar-refractivity contribution in [3.05, 3.63) is 29.8 Å². The number of carboxylic acids is 1. The van der Waals surface area contributed by atoms with Crippen molar-refractivity contribution in [1.29, 1.82) is 0 Å². The van der Waals surface area contributed by atoms with Gasteiger partial charge in [0.05, 0.1) is 7.05 Å². The molecule has 1 rings (SSSR count). The van der Waals surface area contributed by atoms with E-state index in [9.17, 15) is 18.4 Å². The number of benzene rings is 1. The van der Waals surface area contributed by atoms with E-state index in [2.05, 4.69) is 0 Å². The van der Waals surface area contributed by atoms with Gasteiger partial charge in [-0.15, -0.1) is 0 Å². The van der Waals surface area contributed by atoms with Crippen LogP contribution < -0.4 is 4.48 Å². The van der Waals surface area contributed by atoms with Gasteiger partial charge in [-0.2, -0.15) is 0 Å². The lowest BCUT2D eigenvalue weighted by molar-refractivity contribution is -0.139. The molecule has 0 aliphatic heterocycles. The van der Waals surface area contributed by atoms with E-state index in [4.69, 9.17) is 5.11 Å². The van der Waals surface area contributed by atoms with Crippen molar-refractivity contribution < 1.29 is 23.5 Å². The summed E-state index contributed by atoms with van der Waals surface area (Å²) < 4.78 is 25.0. The van der Waals surface area contributed by atoms with E-state index in [0.29, 0.717) is 6.41 Å². The van der Waals surface area contributed by atoms with Crippen LogP contribution in [0.25, 0.3) is 0 Å². The van der Waals surface area contributed by atoms with E-state index < -0.39 is 28.6 Å². The highest BCUT2D eigenvalue weighted by Gasteiger charge is 2.29. The first-order valence-electron chi connectivity index (χ1n) is 4.38. The zero-order valence-electron chi connectivity index (χ0n) is 8.48. The summed E-state index contributed by atoms with van der Waals surface area (Å²) >= 11 is 0. The van der Waals surface area contributed by atoms with Gasteiger partial charge in [-0.05, 0) is 6.07 Å². The highest BCUT2D eigenvalue weighted by atomic mass is 19.2. The lowest BCUT2D eigenvalue weighted by Gasteiger charge is -2.24. The van der Waals surface area contributed by atoms with Crippen molar-refractivity contribution in [2.24, 2.45) is 0 Å². The maximum Gasteiger partial charge on any atom is 0.360 e. The lowest BCUT2D eigenvalue weighted by Crippen LogP contribution is -2.47. The molecule has 1 unspecified atom stereocenters. The third-order valence-corrected chi connectivity index (χ3v) is 2.19. The van der Waals surface area contributed by atoms with Crippen molar-refractivity contribution >= 4 is 18.1 Å². The number of aliphatic carboxylic acids is 1. The summed E-state index contributed by atoms with van der Waals surface area (Å²) in [6, 6.07) is 2.84. The molecule has 0 spiro atoms. The minimum Gasteiger partial charge on any atom is -0.477 e. The van der Waals surface area contributed by atoms with Crippen LogP contribution in [-0.4, -0.2) is 31.1 Å². The number of hydrogen-bond acceptors (Lipinski definition) is 2. The zero-order chi connectivity index (χ0) is 12.3. The number of hydrogen-bond donors (Lipinski definition) is 1. The van der Waals surface area contributed by atoms with Crippen LogP contribution in [0.1, 0.15) is 0 Å². The smallest absolute Gasteiger partial charge is 0.360 e. The maximum absolute atomic E-state index is 12.9. The number of halogens is 2.